The van der Waals surface area contributed by atoms with Crippen LogP contribution in [0.5, 0.6) is 0 Å². The van der Waals surface area contributed by atoms with Crippen molar-refractivity contribution in [1.82, 2.24) is 5.48 Å². The van der Waals surface area contributed by atoms with Crippen LogP contribution in [0.25, 0.3) is 0 Å². The monoisotopic (exact) mass is 400 g/mol. The zero-order valence-electron chi connectivity index (χ0n) is 15.7. The van der Waals surface area contributed by atoms with E-state index < -0.39 is 48.4 Å². The van der Waals surface area contributed by atoms with E-state index in [0.29, 0.717) is 5.56 Å². The molecule has 2 aromatic carbocycles. The molecule has 9 heteroatoms. The summed E-state index contributed by atoms with van der Waals surface area (Å²) in [5.41, 5.74) is 1.49. The number of amides is 1. The van der Waals surface area contributed by atoms with Gasteiger partial charge >= 0.3 is 0 Å². The molecule has 4 N–H and O–H groups in total. The fraction of sp³-hybridized carbons (Fsp3) is 0.316. The third kappa shape index (κ3) is 6.22. The molecule has 0 saturated carbocycles. The minimum absolute atomic E-state index is 0.147. The summed E-state index contributed by atoms with van der Waals surface area (Å²) >= 11 is 0. The van der Waals surface area contributed by atoms with Crippen molar-refractivity contribution in [3.8, 4) is 0 Å². The van der Waals surface area contributed by atoms with Crippen LogP contribution in [-0.2, 0) is 4.84 Å². The number of nitrogens with one attached hydrogen (secondary N) is 2. The van der Waals surface area contributed by atoms with Crippen molar-refractivity contribution >= 4 is 17.3 Å². The minimum Gasteiger partial charge on any atom is -0.394 e. The number of aliphatic hydroxyl groups excluding tert-OH is 2. The molecule has 28 heavy (non-hydrogen) atoms. The van der Waals surface area contributed by atoms with Gasteiger partial charge in [-0.25, -0.2) is 18.7 Å². The number of halogens is 3. The molecular weight excluding hydrogens is 377 g/mol. The zero-order chi connectivity index (χ0) is 21.3. The lowest BCUT2D eigenvalue weighted by Crippen LogP contribution is -2.30. The molecule has 0 aliphatic heterocycles. The molecule has 0 aliphatic rings. The van der Waals surface area contributed by atoms with Crippen molar-refractivity contribution in [2.45, 2.75) is 26.9 Å². The number of anilines is 2. The first kappa shape index (κ1) is 23.4. The second-order valence-electron chi connectivity index (χ2n) is 5.47. The lowest BCUT2D eigenvalue weighted by molar-refractivity contribution is -0.0295. The Morgan fingerprint density at radius 3 is 2.43 bits per heavy atom. The van der Waals surface area contributed by atoms with Crippen LogP contribution in [0.1, 0.15) is 29.8 Å². The Hall–Kier alpha value is -2.62. The molecule has 0 aliphatic carbocycles. The van der Waals surface area contributed by atoms with Gasteiger partial charge in [0, 0.05) is 0 Å². The van der Waals surface area contributed by atoms with Gasteiger partial charge < -0.3 is 15.5 Å². The molecule has 0 heterocycles. The summed E-state index contributed by atoms with van der Waals surface area (Å²) < 4.78 is 41.7. The molecule has 0 radical (unpaired) electrons. The molecule has 1 unspecified atom stereocenters. The normalized spacial score (nSPS) is 11.3. The number of benzene rings is 2. The van der Waals surface area contributed by atoms with Crippen LogP contribution in [0.15, 0.2) is 30.3 Å². The van der Waals surface area contributed by atoms with Crippen molar-refractivity contribution in [3.05, 3.63) is 58.9 Å². The molecule has 0 fully saturated rings. The Labute approximate surface area is 160 Å². The van der Waals surface area contributed by atoms with E-state index in [1.54, 1.807) is 13.0 Å². The first-order chi connectivity index (χ1) is 13.3. The first-order valence-corrected chi connectivity index (χ1v) is 8.55. The largest absolute Gasteiger partial charge is 0.394 e. The lowest BCUT2D eigenvalue weighted by Gasteiger charge is -2.15. The van der Waals surface area contributed by atoms with Gasteiger partial charge in [-0.3, -0.25) is 9.63 Å². The predicted molar refractivity (Wildman–Crippen MR) is 98.6 cm³/mol. The van der Waals surface area contributed by atoms with E-state index >= 15 is 0 Å². The summed E-state index contributed by atoms with van der Waals surface area (Å²) in [5, 5.41) is 20.2. The van der Waals surface area contributed by atoms with E-state index in [1.807, 2.05) is 19.3 Å². The predicted octanol–water partition coefficient (Wildman–Crippen LogP) is 3.20. The van der Waals surface area contributed by atoms with Crippen LogP contribution in [0, 0.1) is 24.4 Å². The van der Waals surface area contributed by atoms with Crippen LogP contribution in [0.3, 0.4) is 0 Å². The molecule has 0 spiro atoms. The lowest BCUT2D eigenvalue weighted by atomic mass is 10.1. The maximum atomic E-state index is 14.2. The molecule has 2 aromatic rings. The number of hydrogen-bond donors (Lipinski definition) is 4. The van der Waals surface area contributed by atoms with Gasteiger partial charge in [0.2, 0.25) is 0 Å². The highest BCUT2D eigenvalue weighted by atomic mass is 19.2. The van der Waals surface area contributed by atoms with Crippen LogP contribution < -0.4 is 10.8 Å². The summed E-state index contributed by atoms with van der Waals surface area (Å²) in [7, 11) is 0. The molecule has 2 rings (SSSR count). The van der Waals surface area contributed by atoms with E-state index in [2.05, 4.69) is 10.2 Å². The molecule has 0 saturated heterocycles. The van der Waals surface area contributed by atoms with Gasteiger partial charge in [0.05, 0.1) is 23.5 Å². The molecule has 6 nitrogen and oxygen atoms in total. The number of carbonyl (C=O) groups excluding carboxylic acids is 1. The zero-order valence-corrected chi connectivity index (χ0v) is 15.7. The SMILES string of the molecule is CC.Cc1ccc(Nc2c(C(=O)NOCC(O)CO)ccc(F)c2F)c(F)c1. The molecule has 154 valence electrons. The summed E-state index contributed by atoms with van der Waals surface area (Å²) in [4.78, 5) is 16.8. The number of aliphatic hydroxyl groups is 2. The molecule has 0 bridgehead atoms. The summed E-state index contributed by atoms with van der Waals surface area (Å²) in [6, 6.07) is 5.81. The van der Waals surface area contributed by atoms with Crippen LogP contribution in [0.4, 0.5) is 24.5 Å². The highest BCUT2D eigenvalue weighted by molar-refractivity contribution is 5.99. The van der Waals surface area contributed by atoms with E-state index in [0.717, 1.165) is 12.1 Å². The van der Waals surface area contributed by atoms with Crippen molar-refractivity contribution in [3.63, 3.8) is 0 Å². The quantitative estimate of drug-likeness (QED) is 0.536. The third-order valence-electron chi connectivity index (χ3n) is 3.38. The average Bonchev–Trinajstić information content (AvgIpc) is 2.68. The van der Waals surface area contributed by atoms with E-state index in [-0.39, 0.29) is 11.3 Å². The standard InChI is InChI=1S/C17H17F3N2O4.C2H6/c1-9-2-5-14(13(19)6-9)21-16-11(3-4-12(18)15(16)20)17(25)22-26-8-10(24)7-23;1-2/h2-6,10,21,23-24H,7-8H2,1H3,(H,22,25);1-2H3. The Kier molecular flexibility index (Phi) is 9.43. The Morgan fingerprint density at radius 1 is 1.14 bits per heavy atom. The van der Waals surface area contributed by atoms with Crippen LogP contribution >= 0.6 is 0 Å². The topological polar surface area (TPSA) is 90.8 Å². The van der Waals surface area contributed by atoms with Crippen LogP contribution in [-0.4, -0.2) is 35.4 Å². The summed E-state index contributed by atoms with van der Waals surface area (Å²) in [5.74, 6) is -4.26. The van der Waals surface area contributed by atoms with Gasteiger partial charge in [0.25, 0.3) is 5.91 Å². The van der Waals surface area contributed by atoms with Gasteiger partial charge in [-0.2, -0.15) is 0 Å². The Bertz CT molecular complexity index is 803. The number of aryl methyl sites for hydroxylation is 1. The highest BCUT2D eigenvalue weighted by Gasteiger charge is 2.20. The molecule has 1 amide bonds. The fourth-order valence-corrected chi connectivity index (χ4v) is 2.03. The summed E-state index contributed by atoms with van der Waals surface area (Å²) in [6.45, 7) is 4.66. The summed E-state index contributed by atoms with van der Waals surface area (Å²) in [6.07, 6.45) is -1.22. The second kappa shape index (κ2) is 11.3. The second-order valence-corrected chi connectivity index (χ2v) is 5.47. The fourth-order valence-electron chi connectivity index (χ4n) is 2.03. The maximum absolute atomic E-state index is 14.2. The average molecular weight is 400 g/mol. The minimum atomic E-state index is -1.37. The van der Waals surface area contributed by atoms with Gasteiger partial charge in [0.1, 0.15) is 18.5 Å². The van der Waals surface area contributed by atoms with Gasteiger partial charge in [0.15, 0.2) is 11.6 Å². The first-order valence-electron chi connectivity index (χ1n) is 8.55. The molecular formula is C19H23F3N2O4. The van der Waals surface area contributed by atoms with E-state index in [1.165, 1.54) is 12.1 Å². The van der Waals surface area contributed by atoms with E-state index in [4.69, 9.17) is 10.2 Å². The van der Waals surface area contributed by atoms with Gasteiger partial charge in [-0.1, -0.05) is 19.9 Å². The maximum Gasteiger partial charge on any atom is 0.277 e. The molecule has 0 aromatic heterocycles. The number of carbonyl (C=O) groups is 1. The Balaban J connectivity index is 0.00000190. The van der Waals surface area contributed by atoms with Gasteiger partial charge in [-0.15, -0.1) is 0 Å². The van der Waals surface area contributed by atoms with Gasteiger partial charge in [-0.05, 0) is 36.8 Å². The number of hydroxylamine groups is 1. The smallest absolute Gasteiger partial charge is 0.277 e. The van der Waals surface area contributed by atoms with Crippen LogP contribution in [0.2, 0.25) is 0 Å². The molecule has 1 atom stereocenters. The third-order valence-corrected chi connectivity index (χ3v) is 3.38. The van der Waals surface area contributed by atoms with Crippen molar-refractivity contribution in [2.75, 3.05) is 18.5 Å². The van der Waals surface area contributed by atoms with Crippen molar-refractivity contribution in [2.24, 2.45) is 0 Å². The van der Waals surface area contributed by atoms with Crippen molar-refractivity contribution < 1.29 is 33.0 Å². The number of hydrogen-bond acceptors (Lipinski definition) is 5. The van der Waals surface area contributed by atoms with Crippen molar-refractivity contribution in [1.29, 1.82) is 0 Å². The Morgan fingerprint density at radius 2 is 1.82 bits per heavy atom. The highest BCUT2D eigenvalue weighted by Crippen LogP contribution is 2.28. The number of rotatable bonds is 7. The van der Waals surface area contributed by atoms with E-state index in [9.17, 15) is 18.0 Å².